The molecule has 6 nitrogen and oxygen atoms in total. The molecule has 1 amide bonds. The van der Waals surface area contributed by atoms with Crippen LogP contribution >= 0.6 is 11.3 Å². The van der Waals surface area contributed by atoms with Crippen molar-refractivity contribution in [3.8, 4) is 11.3 Å². The van der Waals surface area contributed by atoms with Crippen LogP contribution in [0.5, 0.6) is 0 Å². The first kappa shape index (κ1) is 16.7. The lowest BCUT2D eigenvalue weighted by molar-refractivity contribution is -0.115. The van der Waals surface area contributed by atoms with E-state index in [1.807, 2.05) is 18.4 Å². The molecule has 1 aromatic heterocycles. The van der Waals surface area contributed by atoms with Crippen LogP contribution in [0, 0.1) is 6.92 Å². The highest BCUT2D eigenvalue weighted by atomic mass is 32.2. The molecule has 0 fully saturated rings. The molecule has 0 bridgehead atoms. The largest absolute Gasteiger partial charge is 0.326 e. The smallest absolute Gasteiger partial charge is 0.261 e. The number of rotatable bonds is 4. The van der Waals surface area contributed by atoms with Crippen molar-refractivity contribution < 1.29 is 13.2 Å². The number of aromatic nitrogens is 1. The Kier molecular flexibility index (Phi) is 4.01. The van der Waals surface area contributed by atoms with E-state index in [0.29, 0.717) is 16.9 Å². The van der Waals surface area contributed by atoms with Gasteiger partial charge in [0.25, 0.3) is 10.0 Å². The number of carbonyl (C=O) groups excluding carboxylic acids is 1. The SMILES string of the molecule is Cc1nc(-c2cccc(NS(=O)(=O)c3ccc4c(c3)CC(=O)N4)c2)cs1. The summed E-state index contributed by atoms with van der Waals surface area (Å²) in [5, 5.41) is 5.58. The molecule has 132 valence electrons. The van der Waals surface area contributed by atoms with Crippen molar-refractivity contribution in [3.63, 3.8) is 0 Å². The normalized spacial score (nSPS) is 13.3. The number of nitrogens with one attached hydrogen (secondary N) is 2. The third kappa shape index (κ3) is 3.21. The van der Waals surface area contributed by atoms with Crippen LogP contribution in [-0.2, 0) is 21.2 Å². The number of hydrogen-bond donors (Lipinski definition) is 2. The summed E-state index contributed by atoms with van der Waals surface area (Å²) in [5.41, 5.74) is 3.47. The number of hydrogen-bond acceptors (Lipinski definition) is 5. The first-order chi connectivity index (χ1) is 12.4. The Hall–Kier alpha value is -2.71. The van der Waals surface area contributed by atoms with Crippen LogP contribution in [0.15, 0.2) is 52.7 Å². The number of amides is 1. The number of sulfonamides is 1. The van der Waals surface area contributed by atoms with E-state index in [1.165, 1.54) is 12.1 Å². The molecule has 1 aliphatic heterocycles. The van der Waals surface area contributed by atoms with Gasteiger partial charge in [-0.1, -0.05) is 12.1 Å². The maximum absolute atomic E-state index is 12.7. The van der Waals surface area contributed by atoms with E-state index < -0.39 is 10.0 Å². The number of anilines is 2. The van der Waals surface area contributed by atoms with Crippen LogP contribution in [0.25, 0.3) is 11.3 Å². The third-order valence-electron chi connectivity index (χ3n) is 4.04. The Balaban J connectivity index is 1.63. The second kappa shape index (κ2) is 6.22. The first-order valence-corrected chi connectivity index (χ1v) is 10.3. The van der Waals surface area contributed by atoms with E-state index in [4.69, 9.17) is 0 Å². The van der Waals surface area contributed by atoms with Gasteiger partial charge in [0, 0.05) is 22.3 Å². The molecule has 2 aromatic carbocycles. The van der Waals surface area contributed by atoms with Gasteiger partial charge in [-0.25, -0.2) is 13.4 Å². The standard InChI is InChI=1S/C18H15N3O3S2/c1-11-19-17(10-25-11)12-3-2-4-14(7-12)21-26(23,24)15-5-6-16-13(8-15)9-18(22)20-16/h2-8,10,21H,9H2,1H3,(H,20,22). The molecule has 1 aliphatic rings. The number of nitrogens with zero attached hydrogens (tertiary/aromatic N) is 1. The van der Waals surface area contributed by atoms with Gasteiger partial charge in [-0.05, 0) is 42.8 Å². The lowest BCUT2D eigenvalue weighted by Gasteiger charge is -2.10. The Labute approximate surface area is 155 Å². The first-order valence-electron chi connectivity index (χ1n) is 7.89. The van der Waals surface area contributed by atoms with Crippen molar-refractivity contribution in [2.75, 3.05) is 10.0 Å². The van der Waals surface area contributed by atoms with Crippen LogP contribution in [0.4, 0.5) is 11.4 Å². The van der Waals surface area contributed by atoms with Gasteiger partial charge in [0.05, 0.1) is 22.0 Å². The zero-order valence-corrected chi connectivity index (χ0v) is 15.4. The van der Waals surface area contributed by atoms with Crippen molar-refractivity contribution in [2.45, 2.75) is 18.2 Å². The monoisotopic (exact) mass is 385 g/mol. The highest BCUT2D eigenvalue weighted by Gasteiger charge is 2.22. The summed E-state index contributed by atoms with van der Waals surface area (Å²) in [4.78, 5) is 16.0. The Morgan fingerprint density at radius 1 is 1.19 bits per heavy atom. The molecular weight excluding hydrogens is 370 g/mol. The fourth-order valence-corrected chi connectivity index (χ4v) is 4.55. The Bertz CT molecular complexity index is 1120. The number of thiazole rings is 1. The molecule has 0 saturated heterocycles. The predicted octanol–water partition coefficient (Wildman–Crippen LogP) is 3.41. The number of benzene rings is 2. The van der Waals surface area contributed by atoms with E-state index in [1.54, 1.807) is 35.6 Å². The third-order valence-corrected chi connectivity index (χ3v) is 6.19. The maximum Gasteiger partial charge on any atom is 0.261 e. The van der Waals surface area contributed by atoms with Crippen LogP contribution in [0.1, 0.15) is 10.6 Å². The molecule has 26 heavy (non-hydrogen) atoms. The van der Waals surface area contributed by atoms with Crippen molar-refractivity contribution in [1.29, 1.82) is 0 Å². The van der Waals surface area contributed by atoms with E-state index in [2.05, 4.69) is 15.0 Å². The van der Waals surface area contributed by atoms with Gasteiger partial charge in [-0.3, -0.25) is 9.52 Å². The number of carbonyl (C=O) groups is 1. The average Bonchev–Trinajstić information content (AvgIpc) is 3.18. The summed E-state index contributed by atoms with van der Waals surface area (Å²) in [6, 6.07) is 11.8. The summed E-state index contributed by atoms with van der Waals surface area (Å²) in [6.07, 6.45) is 0.192. The lowest BCUT2D eigenvalue weighted by atomic mass is 10.1. The van der Waals surface area contributed by atoms with Crippen molar-refractivity contribution in [3.05, 3.63) is 58.4 Å². The van der Waals surface area contributed by atoms with Gasteiger partial charge >= 0.3 is 0 Å². The van der Waals surface area contributed by atoms with Crippen molar-refractivity contribution in [1.82, 2.24) is 4.98 Å². The minimum Gasteiger partial charge on any atom is -0.326 e. The molecule has 0 aliphatic carbocycles. The second-order valence-corrected chi connectivity index (χ2v) is 8.73. The number of aryl methyl sites for hydroxylation is 1. The van der Waals surface area contributed by atoms with E-state index in [-0.39, 0.29) is 17.2 Å². The maximum atomic E-state index is 12.7. The van der Waals surface area contributed by atoms with Crippen molar-refractivity contribution in [2.24, 2.45) is 0 Å². The van der Waals surface area contributed by atoms with Gasteiger partial charge in [-0.2, -0.15) is 0 Å². The molecule has 2 N–H and O–H groups in total. The van der Waals surface area contributed by atoms with Crippen LogP contribution in [0.3, 0.4) is 0 Å². The average molecular weight is 385 g/mol. The van der Waals surface area contributed by atoms with E-state index >= 15 is 0 Å². The summed E-state index contributed by atoms with van der Waals surface area (Å²) in [6.45, 7) is 1.92. The van der Waals surface area contributed by atoms with Gasteiger partial charge in [0.2, 0.25) is 5.91 Å². The molecule has 4 rings (SSSR count). The fraction of sp³-hybridized carbons (Fsp3) is 0.111. The summed E-state index contributed by atoms with van der Waals surface area (Å²) >= 11 is 1.54. The molecule has 2 heterocycles. The summed E-state index contributed by atoms with van der Waals surface area (Å²) in [5.74, 6) is -0.131. The topological polar surface area (TPSA) is 88.2 Å². The predicted molar refractivity (Wildman–Crippen MR) is 102 cm³/mol. The lowest BCUT2D eigenvalue weighted by Crippen LogP contribution is -2.13. The van der Waals surface area contributed by atoms with Gasteiger partial charge in [-0.15, -0.1) is 11.3 Å². The van der Waals surface area contributed by atoms with Crippen LogP contribution in [0.2, 0.25) is 0 Å². The van der Waals surface area contributed by atoms with Crippen molar-refractivity contribution >= 4 is 38.6 Å². The molecule has 0 radical (unpaired) electrons. The molecule has 0 spiro atoms. The second-order valence-electron chi connectivity index (χ2n) is 5.98. The zero-order valence-electron chi connectivity index (χ0n) is 13.8. The quantitative estimate of drug-likeness (QED) is 0.720. The molecular formula is C18H15N3O3S2. The molecule has 0 saturated carbocycles. The molecule has 0 unspecified atom stereocenters. The summed E-state index contributed by atoms with van der Waals surface area (Å²) < 4.78 is 28.0. The molecule has 8 heteroatoms. The van der Waals surface area contributed by atoms with E-state index in [0.717, 1.165) is 16.3 Å². The van der Waals surface area contributed by atoms with Crippen LogP contribution < -0.4 is 10.0 Å². The Morgan fingerprint density at radius 3 is 2.81 bits per heavy atom. The highest BCUT2D eigenvalue weighted by Crippen LogP contribution is 2.28. The van der Waals surface area contributed by atoms with Gasteiger partial charge in [0.1, 0.15) is 0 Å². The molecule has 0 atom stereocenters. The van der Waals surface area contributed by atoms with Gasteiger partial charge in [0.15, 0.2) is 0 Å². The minimum absolute atomic E-state index is 0.127. The minimum atomic E-state index is -3.75. The van der Waals surface area contributed by atoms with Gasteiger partial charge < -0.3 is 5.32 Å². The van der Waals surface area contributed by atoms with E-state index in [9.17, 15) is 13.2 Å². The summed E-state index contributed by atoms with van der Waals surface area (Å²) in [7, 11) is -3.75. The highest BCUT2D eigenvalue weighted by molar-refractivity contribution is 7.92. The zero-order chi connectivity index (χ0) is 18.3. The Morgan fingerprint density at radius 2 is 2.04 bits per heavy atom. The fourth-order valence-electron chi connectivity index (χ4n) is 2.82. The molecule has 3 aromatic rings. The number of fused-ring (bicyclic) bond motifs is 1. The van der Waals surface area contributed by atoms with Crippen LogP contribution in [-0.4, -0.2) is 19.3 Å².